The van der Waals surface area contributed by atoms with Crippen molar-refractivity contribution in [3.05, 3.63) is 0 Å². The third-order valence-electron chi connectivity index (χ3n) is 2.35. The normalized spacial score (nSPS) is 31.2. The lowest BCUT2D eigenvalue weighted by Gasteiger charge is -2.18. The topological polar surface area (TPSA) is 32.7 Å². The molecular formula is C9H19NO2. The van der Waals surface area contributed by atoms with E-state index in [2.05, 4.69) is 4.90 Å². The van der Waals surface area contributed by atoms with Crippen molar-refractivity contribution in [2.45, 2.75) is 25.4 Å². The molecule has 3 nitrogen and oxygen atoms in total. The Hall–Kier alpha value is -0.120. The molecule has 1 aliphatic heterocycles. The van der Waals surface area contributed by atoms with Gasteiger partial charge < -0.3 is 14.7 Å². The van der Waals surface area contributed by atoms with E-state index in [1.807, 2.05) is 6.92 Å². The average Bonchev–Trinajstić information content (AvgIpc) is 2.31. The van der Waals surface area contributed by atoms with Gasteiger partial charge in [0.2, 0.25) is 0 Å². The number of hydrogen-bond donors (Lipinski definition) is 1. The molecule has 0 amide bonds. The van der Waals surface area contributed by atoms with Crippen LogP contribution in [0.5, 0.6) is 0 Å². The van der Waals surface area contributed by atoms with Gasteiger partial charge in [-0.15, -0.1) is 0 Å². The number of rotatable bonds is 4. The van der Waals surface area contributed by atoms with E-state index in [9.17, 15) is 5.11 Å². The van der Waals surface area contributed by atoms with Gasteiger partial charge in [-0.1, -0.05) is 0 Å². The molecule has 0 bridgehead atoms. The number of likely N-dealkylation sites (tertiary alicyclic amines) is 1. The summed E-state index contributed by atoms with van der Waals surface area (Å²) in [6.07, 6.45) is 1.96. The van der Waals surface area contributed by atoms with Crippen LogP contribution in [-0.2, 0) is 4.74 Å². The fraction of sp³-hybridized carbons (Fsp3) is 1.00. The highest BCUT2D eigenvalue weighted by molar-refractivity contribution is 4.85. The van der Waals surface area contributed by atoms with Crippen LogP contribution in [0, 0.1) is 0 Å². The molecule has 1 atom stereocenters. The maximum absolute atomic E-state index is 9.65. The van der Waals surface area contributed by atoms with Crippen LogP contribution in [-0.4, -0.2) is 49.0 Å². The molecule has 0 spiro atoms. The van der Waals surface area contributed by atoms with E-state index in [1.165, 1.54) is 0 Å². The van der Waals surface area contributed by atoms with Crippen molar-refractivity contribution in [1.29, 1.82) is 0 Å². The van der Waals surface area contributed by atoms with Crippen LogP contribution in [0.1, 0.15) is 19.8 Å². The number of aliphatic hydroxyl groups is 1. The summed E-state index contributed by atoms with van der Waals surface area (Å²) in [4.78, 5) is 2.29. The van der Waals surface area contributed by atoms with Crippen LogP contribution in [0.3, 0.4) is 0 Å². The number of hydrogen-bond acceptors (Lipinski definition) is 3. The van der Waals surface area contributed by atoms with Crippen molar-refractivity contribution in [3.63, 3.8) is 0 Å². The van der Waals surface area contributed by atoms with E-state index < -0.39 is 5.60 Å². The molecule has 72 valence electrons. The third-order valence-corrected chi connectivity index (χ3v) is 2.35. The Morgan fingerprint density at radius 3 is 2.83 bits per heavy atom. The standard InChI is InChI=1S/C9H19NO2/c1-9(11)4-6-10(8-9)5-3-7-12-2/h11H,3-8H2,1-2H3/t9-/m0/s1. The Bertz CT molecular complexity index is 136. The molecule has 3 heteroatoms. The molecule has 0 aromatic heterocycles. The monoisotopic (exact) mass is 173 g/mol. The number of methoxy groups -OCH3 is 1. The molecular weight excluding hydrogens is 154 g/mol. The summed E-state index contributed by atoms with van der Waals surface area (Å²) in [5.74, 6) is 0. The van der Waals surface area contributed by atoms with Gasteiger partial charge in [-0.3, -0.25) is 0 Å². The summed E-state index contributed by atoms with van der Waals surface area (Å²) in [6.45, 7) is 5.61. The minimum atomic E-state index is -0.451. The van der Waals surface area contributed by atoms with E-state index in [4.69, 9.17) is 4.74 Å². The smallest absolute Gasteiger partial charge is 0.0758 e. The van der Waals surface area contributed by atoms with Crippen molar-refractivity contribution in [1.82, 2.24) is 4.90 Å². The summed E-state index contributed by atoms with van der Waals surface area (Å²) in [5.41, 5.74) is -0.451. The van der Waals surface area contributed by atoms with Crippen LogP contribution in [0.15, 0.2) is 0 Å². The van der Waals surface area contributed by atoms with Gasteiger partial charge in [0.25, 0.3) is 0 Å². The molecule has 0 unspecified atom stereocenters. The molecule has 1 N–H and O–H groups in total. The summed E-state index contributed by atoms with van der Waals surface area (Å²) in [7, 11) is 1.72. The predicted molar refractivity (Wildman–Crippen MR) is 48.2 cm³/mol. The number of β-amino-alcohol motifs (C(OH)–C–C–N with tert-alkyl or cyclic N) is 1. The maximum atomic E-state index is 9.65. The Labute approximate surface area is 74.3 Å². The number of nitrogens with zero attached hydrogens (tertiary/aromatic N) is 1. The molecule has 0 radical (unpaired) electrons. The first kappa shape index (κ1) is 9.96. The molecule has 0 aliphatic carbocycles. The van der Waals surface area contributed by atoms with Gasteiger partial charge in [-0.2, -0.15) is 0 Å². The van der Waals surface area contributed by atoms with Gasteiger partial charge in [-0.05, 0) is 19.8 Å². The first-order valence-electron chi connectivity index (χ1n) is 4.58. The quantitative estimate of drug-likeness (QED) is 0.628. The predicted octanol–water partition coefficient (Wildman–Crippen LogP) is 0.480. The first-order valence-corrected chi connectivity index (χ1v) is 4.58. The van der Waals surface area contributed by atoms with Crippen molar-refractivity contribution in [2.24, 2.45) is 0 Å². The Kier molecular flexibility index (Phi) is 3.50. The van der Waals surface area contributed by atoms with E-state index in [1.54, 1.807) is 7.11 Å². The number of ether oxygens (including phenoxy) is 1. The molecule has 1 rings (SSSR count). The van der Waals surface area contributed by atoms with Crippen molar-refractivity contribution in [2.75, 3.05) is 33.4 Å². The lowest BCUT2D eigenvalue weighted by atomic mass is 10.1. The molecule has 0 aromatic carbocycles. The largest absolute Gasteiger partial charge is 0.389 e. The summed E-state index contributed by atoms with van der Waals surface area (Å²) < 4.78 is 4.96. The minimum absolute atomic E-state index is 0.451. The third kappa shape index (κ3) is 3.09. The molecule has 1 aliphatic rings. The zero-order chi connectivity index (χ0) is 9.03. The highest BCUT2D eigenvalue weighted by atomic mass is 16.5. The van der Waals surface area contributed by atoms with E-state index in [0.29, 0.717) is 0 Å². The molecule has 1 heterocycles. The molecule has 1 fully saturated rings. The SMILES string of the molecule is COCCCN1CC[C@](C)(O)C1. The van der Waals surface area contributed by atoms with Crippen molar-refractivity contribution >= 4 is 0 Å². The molecule has 12 heavy (non-hydrogen) atoms. The Morgan fingerprint density at radius 1 is 1.58 bits per heavy atom. The molecule has 0 saturated carbocycles. The minimum Gasteiger partial charge on any atom is -0.389 e. The van der Waals surface area contributed by atoms with Crippen LogP contribution in [0.25, 0.3) is 0 Å². The fourth-order valence-corrected chi connectivity index (χ4v) is 1.66. The lowest BCUT2D eigenvalue weighted by Crippen LogP contribution is -2.30. The Balaban J connectivity index is 2.11. The van der Waals surface area contributed by atoms with Crippen LogP contribution >= 0.6 is 0 Å². The highest BCUT2D eigenvalue weighted by Gasteiger charge is 2.30. The van der Waals surface area contributed by atoms with Crippen LogP contribution < -0.4 is 0 Å². The zero-order valence-electron chi connectivity index (χ0n) is 8.05. The second-order valence-electron chi connectivity index (χ2n) is 3.87. The first-order chi connectivity index (χ1) is 5.64. The van der Waals surface area contributed by atoms with Crippen molar-refractivity contribution in [3.8, 4) is 0 Å². The van der Waals surface area contributed by atoms with Gasteiger partial charge in [0, 0.05) is 33.4 Å². The van der Waals surface area contributed by atoms with E-state index in [0.717, 1.165) is 39.1 Å². The van der Waals surface area contributed by atoms with E-state index in [-0.39, 0.29) is 0 Å². The van der Waals surface area contributed by atoms with Crippen molar-refractivity contribution < 1.29 is 9.84 Å². The average molecular weight is 173 g/mol. The van der Waals surface area contributed by atoms with Crippen LogP contribution in [0.4, 0.5) is 0 Å². The lowest BCUT2D eigenvalue weighted by molar-refractivity contribution is 0.0674. The van der Waals surface area contributed by atoms with Gasteiger partial charge in [-0.25, -0.2) is 0 Å². The molecule has 1 saturated heterocycles. The second-order valence-corrected chi connectivity index (χ2v) is 3.87. The van der Waals surface area contributed by atoms with Gasteiger partial charge in [0.05, 0.1) is 5.60 Å². The van der Waals surface area contributed by atoms with Gasteiger partial charge in [0.1, 0.15) is 0 Å². The summed E-state index contributed by atoms with van der Waals surface area (Å²) in [5, 5.41) is 9.65. The fourth-order valence-electron chi connectivity index (χ4n) is 1.66. The summed E-state index contributed by atoms with van der Waals surface area (Å²) in [6, 6.07) is 0. The maximum Gasteiger partial charge on any atom is 0.0758 e. The highest BCUT2D eigenvalue weighted by Crippen LogP contribution is 2.19. The zero-order valence-corrected chi connectivity index (χ0v) is 8.05. The van der Waals surface area contributed by atoms with Gasteiger partial charge >= 0.3 is 0 Å². The van der Waals surface area contributed by atoms with Crippen LogP contribution in [0.2, 0.25) is 0 Å². The summed E-state index contributed by atoms with van der Waals surface area (Å²) >= 11 is 0. The molecule has 0 aromatic rings. The Morgan fingerprint density at radius 2 is 2.33 bits per heavy atom. The second kappa shape index (κ2) is 4.21. The van der Waals surface area contributed by atoms with E-state index >= 15 is 0 Å². The van der Waals surface area contributed by atoms with Gasteiger partial charge in [0.15, 0.2) is 0 Å².